The van der Waals surface area contributed by atoms with E-state index in [1.165, 1.54) is 0 Å². The largest absolute Gasteiger partial charge is 0.508 e. The fourth-order valence-electron chi connectivity index (χ4n) is 0.582. The maximum absolute atomic E-state index is 8.80. The summed E-state index contributed by atoms with van der Waals surface area (Å²) >= 11 is 0. The summed E-state index contributed by atoms with van der Waals surface area (Å²) in [5, 5.41) is 8.80. The Morgan fingerprint density at radius 3 is 1.24 bits per heavy atom. The molecule has 0 aliphatic rings. The van der Waals surface area contributed by atoms with E-state index in [4.69, 9.17) is 9.84 Å². The minimum absolute atomic E-state index is 0.260. The Morgan fingerprint density at radius 2 is 1.00 bits per heavy atom. The highest BCUT2D eigenvalue weighted by atomic mass is 16.5. The molecule has 104 valence electrons. The summed E-state index contributed by atoms with van der Waals surface area (Å²) in [6.07, 6.45) is 0. The van der Waals surface area contributed by atoms with Crippen molar-refractivity contribution < 1.29 is 9.84 Å². The van der Waals surface area contributed by atoms with Gasteiger partial charge in [0.1, 0.15) is 11.5 Å². The topological polar surface area (TPSA) is 29.5 Å². The van der Waals surface area contributed by atoms with E-state index in [9.17, 15) is 0 Å². The second-order valence-corrected chi connectivity index (χ2v) is 1.70. The van der Waals surface area contributed by atoms with E-state index in [2.05, 4.69) is 0 Å². The van der Waals surface area contributed by atoms with Crippen LogP contribution in [0.3, 0.4) is 0 Å². The molecule has 1 rings (SSSR count). The molecule has 0 atom stereocenters. The smallest absolute Gasteiger partial charge is 0.119 e. The quantitative estimate of drug-likeness (QED) is 0.706. The lowest BCUT2D eigenvalue weighted by Crippen LogP contribution is -1.79. The SMILES string of the molecule is CC.CC.CC.CC.COc1ccc(O)cc1. The van der Waals surface area contributed by atoms with Gasteiger partial charge in [-0.2, -0.15) is 0 Å². The van der Waals surface area contributed by atoms with Crippen molar-refractivity contribution in [1.29, 1.82) is 0 Å². The molecule has 0 spiro atoms. The van der Waals surface area contributed by atoms with Gasteiger partial charge in [-0.1, -0.05) is 55.4 Å². The Balaban J connectivity index is -0.0000000905. The number of ether oxygens (including phenoxy) is 1. The van der Waals surface area contributed by atoms with Crippen LogP contribution in [0.15, 0.2) is 24.3 Å². The summed E-state index contributed by atoms with van der Waals surface area (Å²) in [4.78, 5) is 0. The molecule has 2 nitrogen and oxygen atoms in total. The fourth-order valence-corrected chi connectivity index (χ4v) is 0.582. The molecule has 1 aromatic carbocycles. The first-order chi connectivity index (χ1) is 8.33. The van der Waals surface area contributed by atoms with Crippen LogP contribution < -0.4 is 4.74 Å². The molecule has 0 aliphatic heterocycles. The maximum Gasteiger partial charge on any atom is 0.119 e. The minimum atomic E-state index is 0.260. The zero-order valence-corrected chi connectivity index (χ0v) is 13.2. The van der Waals surface area contributed by atoms with Crippen LogP contribution in [-0.2, 0) is 0 Å². The van der Waals surface area contributed by atoms with Crippen molar-refractivity contribution in [1.82, 2.24) is 0 Å². The van der Waals surface area contributed by atoms with Crippen molar-refractivity contribution in [2.45, 2.75) is 55.4 Å². The second kappa shape index (κ2) is 29.4. The maximum atomic E-state index is 8.80. The number of methoxy groups -OCH3 is 1. The number of phenols is 1. The van der Waals surface area contributed by atoms with Gasteiger partial charge < -0.3 is 9.84 Å². The normalized spacial score (nSPS) is 6.18. The average Bonchev–Trinajstić information content (AvgIpc) is 2.48. The molecule has 1 N–H and O–H groups in total. The zero-order chi connectivity index (χ0) is 14.7. The summed E-state index contributed by atoms with van der Waals surface area (Å²) in [5.74, 6) is 1.02. The minimum Gasteiger partial charge on any atom is -0.508 e. The Morgan fingerprint density at radius 1 is 0.706 bits per heavy atom. The van der Waals surface area contributed by atoms with Crippen molar-refractivity contribution in [2.75, 3.05) is 7.11 Å². The van der Waals surface area contributed by atoms with Crippen LogP contribution >= 0.6 is 0 Å². The van der Waals surface area contributed by atoms with E-state index >= 15 is 0 Å². The Bertz CT molecular complexity index is 181. The lowest BCUT2D eigenvalue weighted by molar-refractivity contribution is 0.412. The monoisotopic (exact) mass is 244 g/mol. The Kier molecular flexibility index (Phi) is 42.9. The van der Waals surface area contributed by atoms with E-state index in [0.717, 1.165) is 5.75 Å². The molecule has 0 saturated carbocycles. The van der Waals surface area contributed by atoms with Gasteiger partial charge in [-0.25, -0.2) is 0 Å². The summed E-state index contributed by atoms with van der Waals surface area (Å²) in [5.41, 5.74) is 0. The first-order valence-corrected chi connectivity index (χ1v) is 6.66. The standard InChI is InChI=1S/C7H8O2.4C2H6/c1-9-7-4-2-6(8)3-5-7;4*1-2/h2-5,8H,1H3;4*1-2H3. The van der Waals surface area contributed by atoms with Crippen molar-refractivity contribution in [3.8, 4) is 11.5 Å². The summed E-state index contributed by atoms with van der Waals surface area (Å²) in [7, 11) is 1.59. The first-order valence-electron chi connectivity index (χ1n) is 6.66. The molecule has 17 heavy (non-hydrogen) atoms. The molecule has 2 heteroatoms. The van der Waals surface area contributed by atoms with Crippen molar-refractivity contribution in [2.24, 2.45) is 0 Å². The molecule has 0 heterocycles. The van der Waals surface area contributed by atoms with E-state index in [0.29, 0.717) is 0 Å². The molecular formula is C15H32O2. The first kappa shape index (κ1) is 24.9. The van der Waals surface area contributed by atoms with E-state index in [1.54, 1.807) is 31.4 Å². The number of hydrogen-bond donors (Lipinski definition) is 1. The van der Waals surface area contributed by atoms with Gasteiger partial charge in [0.15, 0.2) is 0 Å². The third-order valence-corrected chi connectivity index (χ3v) is 1.07. The van der Waals surface area contributed by atoms with Gasteiger partial charge in [-0.3, -0.25) is 0 Å². The molecule has 0 saturated heterocycles. The fraction of sp³-hybridized carbons (Fsp3) is 0.600. The predicted molar refractivity (Wildman–Crippen MR) is 80.1 cm³/mol. The predicted octanol–water partition coefficient (Wildman–Crippen LogP) is 5.51. The number of rotatable bonds is 1. The lowest BCUT2D eigenvalue weighted by atomic mass is 10.3. The van der Waals surface area contributed by atoms with Crippen molar-refractivity contribution in [3.63, 3.8) is 0 Å². The van der Waals surface area contributed by atoms with Crippen LogP contribution in [0.2, 0.25) is 0 Å². The van der Waals surface area contributed by atoms with Gasteiger partial charge in [0.05, 0.1) is 7.11 Å². The van der Waals surface area contributed by atoms with E-state index < -0.39 is 0 Å². The van der Waals surface area contributed by atoms with Crippen LogP contribution in [-0.4, -0.2) is 12.2 Å². The lowest BCUT2D eigenvalue weighted by Gasteiger charge is -1.96. The molecule has 0 unspecified atom stereocenters. The van der Waals surface area contributed by atoms with Crippen LogP contribution in [0.25, 0.3) is 0 Å². The van der Waals surface area contributed by atoms with Gasteiger partial charge in [-0.15, -0.1) is 0 Å². The highest BCUT2D eigenvalue weighted by Crippen LogP contribution is 2.14. The molecule has 0 aromatic heterocycles. The van der Waals surface area contributed by atoms with Gasteiger partial charge in [0.2, 0.25) is 0 Å². The van der Waals surface area contributed by atoms with Crippen LogP contribution in [0.4, 0.5) is 0 Å². The van der Waals surface area contributed by atoms with Crippen LogP contribution in [0.1, 0.15) is 55.4 Å². The third-order valence-electron chi connectivity index (χ3n) is 1.07. The van der Waals surface area contributed by atoms with Crippen molar-refractivity contribution in [3.05, 3.63) is 24.3 Å². The third kappa shape index (κ3) is 20.8. The molecule has 0 amide bonds. The Hall–Kier alpha value is -1.18. The Labute approximate surface area is 109 Å². The summed E-state index contributed by atoms with van der Waals surface area (Å²) in [6, 6.07) is 6.57. The van der Waals surface area contributed by atoms with E-state index in [-0.39, 0.29) is 5.75 Å². The van der Waals surface area contributed by atoms with Crippen LogP contribution in [0.5, 0.6) is 11.5 Å². The number of aromatic hydroxyl groups is 1. The van der Waals surface area contributed by atoms with Gasteiger partial charge >= 0.3 is 0 Å². The van der Waals surface area contributed by atoms with Gasteiger partial charge in [0.25, 0.3) is 0 Å². The molecule has 0 fully saturated rings. The second-order valence-electron chi connectivity index (χ2n) is 1.70. The zero-order valence-electron chi connectivity index (χ0n) is 13.2. The van der Waals surface area contributed by atoms with Crippen LogP contribution in [0, 0.1) is 0 Å². The average molecular weight is 244 g/mol. The summed E-state index contributed by atoms with van der Waals surface area (Å²) < 4.78 is 4.86. The molecule has 0 radical (unpaired) electrons. The van der Waals surface area contributed by atoms with Crippen molar-refractivity contribution >= 4 is 0 Å². The molecule has 0 bridgehead atoms. The van der Waals surface area contributed by atoms with Gasteiger partial charge in [0, 0.05) is 0 Å². The number of phenolic OH excluding ortho intramolecular Hbond substituents is 1. The van der Waals surface area contributed by atoms with Gasteiger partial charge in [-0.05, 0) is 24.3 Å². The molecular weight excluding hydrogens is 212 g/mol. The number of benzene rings is 1. The summed E-state index contributed by atoms with van der Waals surface area (Å²) in [6.45, 7) is 16.0. The number of hydrogen-bond acceptors (Lipinski definition) is 2. The molecule has 1 aromatic rings. The molecule has 0 aliphatic carbocycles. The van der Waals surface area contributed by atoms with E-state index in [1.807, 2.05) is 55.4 Å². The highest BCUT2D eigenvalue weighted by molar-refractivity contribution is 5.29. The highest BCUT2D eigenvalue weighted by Gasteiger charge is 1.87.